The second-order valence-corrected chi connectivity index (χ2v) is 6.53. The van der Waals surface area contributed by atoms with E-state index in [1.54, 1.807) is 0 Å². The third-order valence-electron chi connectivity index (χ3n) is 4.89. The minimum absolute atomic E-state index is 0.0204. The molecule has 0 aromatic carbocycles. The highest BCUT2D eigenvalue weighted by Crippen LogP contribution is 2.28. The molecule has 5 nitrogen and oxygen atoms in total. The summed E-state index contributed by atoms with van der Waals surface area (Å²) in [7, 11) is 1.86. The van der Waals surface area contributed by atoms with Crippen molar-refractivity contribution in [3.8, 4) is 0 Å². The summed E-state index contributed by atoms with van der Waals surface area (Å²) in [6.07, 6.45) is 6.61. The molecule has 2 N–H and O–H groups in total. The van der Waals surface area contributed by atoms with Crippen LogP contribution in [0, 0.1) is 11.8 Å². The van der Waals surface area contributed by atoms with Gasteiger partial charge in [0.15, 0.2) is 0 Å². The molecule has 4 atom stereocenters. The Labute approximate surface area is 120 Å². The van der Waals surface area contributed by atoms with Crippen LogP contribution in [-0.4, -0.2) is 41.1 Å². The highest BCUT2D eigenvalue weighted by atomic mass is 16.4. The highest BCUT2D eigenvalue weighted by Gasteiger charge is 2.32. The molecule has 0 aromatic rings. The molecule has 0 radical (unpaired) electrons. The molecule has 2 aliphatic carbocycles. The Bertz CT molecular complexity index is 372. The fourth-order valence-corrected chi connectivity index (χ4v) is 3.53. The summed E-state index contributed by atoms with van der Waals surface area (Å²) in [5, 5.41) is 12.0. The molecular formula is C15H26N2O3. The van der Waals surface area contributed by atoms with E-state index in [9.17, 15) is 9.59 Å². The van der Waals surface area contributed by atoms with E-state index < -0.39 is 5.97 Å². The Morgan fingerprint density at radius 1 is 1.15 bits per heavy atom. The van der Waals surface area contributed by atoms with Crippen molar-refractivity contribution in [1.82, 2.24) is 10.2 Å². The van der Waals surface area contributed by atoms with Gasteiger partial charge < -0.3 is 15.3 Å². The number of nitrogens with one attached hydrogen (secondary N) is 1. The number of aliphatic carboxylic acids is 1. The van der Waals surface area contributed by atoms with Crippen LogP contribution < -0.4 is 5.32 Å². The van der Waals surface area contributed by atoms with Gasteiger partial charge in [0, 0.05) is 19.1 Å². The molecule has 5 heteroatoms. The van der Waals surface area contributed by atoms with Gasteiger partial charge in [-0.1, -0.05) is 19.8 Å². The molecule has 2 rings (SSSR count). The van der Waals surface area contributed by atoms with Crippen LogP contribution in [0.4, 0.5) is 4.79 Å². The van der Waals surface area contributed by atoms with E-state index in [2.05, 4.69) is 12.2 Å². The van der Waals surface area contributed by atoms with Crippen molar-refractivity contribution in [3.63, 3.8) is 0 Å². The van der Waals surface area contributed by atoms with Gasteiger partial charge in [0.1, 0.15) is 0 Å². The normalized spacial score (nSPS) is 33.7. The monoisotopic (exact) mass is 282 g/mol. The van der Waals surface area contributed by atoms with Crippen LogP contribution in [0.1, 0.15) is 51.9 Å². The number of nitrogens with zero attached hydrogens (tertiary/aromatic N) is 1. The first-order valence-electron chi connectivity index (χ1n) is 7.73. The van der Waals surface area contributed by atoms with Crippen molar-refractivity contribution in [1.29, 1.82) is 0 Å². The molecule has 114 valence electrons. The first-order chi connectivity index (χ1) is 9.47. The van der Waals surface area contributed by atoms with Crippen LogP contribution >= 0.6 is 0 Å². The van der Waals surface area contributed by atoms with Crippen LogP contribution in [0.2, 0.25) is 0 Å². The highest BCUT2D eigenvalue weighted by molar-refractivity contribution is 5.75. The van der Waals surface area contributed by atoms with Crippen LogP contribution in [0.15, 0.2) is 0 Å². The third kappa shape index (κ3) is 3.64. The van der Waals surface area contributed by atoms with Gasteiger partial charge in [0.2, 0.25) is 0 Å². The van der Waals surface area contributed by atoms with E-state index in [4.69, 9.17) is 5.11 Å². The van der Waals surface area contributed by atoms with Gasteiger partial charge in [-0.2, -0.15) is 0 Å². The van der Waals surface area contributed by atoms with Gasteiger partial charge in [-0.15, -0.1) is 0 Å². The van der Waals surface area contributed by atoms with E-state index in [-0.39, 0.29) is 18.0 Å². The maximum absolute atomic E-state index is 12.2. The van der Waals surface area contributed by atoms with Crippen LogP contribution in [0.5, 0.6) is 0 Å². The predicted octanol–water partition coefficient (Wildman–Crippen LogP) is 2.46. The summed E-state index contributed by atoms with van der Waals surface area (Å²) in [6, 6.07) is 0.308. The largest absolute Gasteiger partial charge is 0.481 e. The van der Waals surface area contributed by atoms with Gasteiger partial charge in [-0.05, 0) is 38.0 Å². The Morgan fingerprint density at radius 2 is 1.90 bits per heavy atom. The van der Waals surface area contributed by atoms with E-state index in [0.29, 0.717) is 24.8 Å². The van der Waals surface area contributed by atoms with Crippen molar-refractivity contribution in [3.05, 3.63) is 0 Å². The predicted molar refractivity (Wildman–Crippen MR) is 76.5 cm³/mol. The number of carbonyl (C=O) groups excluding carboxylic acids is 1. The minimum Gasteiger partial charge on any atom is -0.481 e. The summed E-state index contributed by atoms with van der Waals surface area (Å²) in [6.45, 7) is 2.24. The molecule has 0 aromatic heterocycles. The molecule has 0 aliphatic heterocycles. The SMILES string of the molecule is CC1CCCC(N(C)C(=O)N[C@H]2CC[C@@H](C(=O)O)C2)C1. The second-order valence-electron chi connectivity index (χ2n) is 6.53. The zero-order valence-corrected chi connectivity index (χ0v) is 12.5. The average molecular weight is 282 g/mol. The number of carbonyl (C=O) groups is 2. The molecule has 2 saturated carbocycles. The van der Waals surface area contributed by atoms with E-state index in [1.807, 2.05) is 11.9 Å². The fraction of sp³-hybridized carbons (Fsp3) is 0.867. The van der Waals surface area contributed by atoms with E-state index in [1.165, 1.54) is 12.8 Å². The molecule has 20 heavy (non-hydrogen) atoms. The number of carboxylic acid groups (broad SMARTS) is 1. The van der Waals surface area contributed by atoms with Gasteiger partial charge in [-0.25, -0.2) is 4.79 Å². The summed E-state index contributed by atoms with van der Waals surface area (Å²) in [5.74, 6) is -0.344. The van der Waals surface area contributed by atoms with Gasteiger partial charge in [-0.3, -0.25) is 4.79 Å². The Morgan fingerprint density at radius 3 is 2.50 bits per heavy atom. The lowest BCUT2D eigenvalue weighted by Gasteiger charge is -2.34. The van der Waals surface area contributed by atoms with Crippen LogP contribution in [-0.2, 0) is 4.79 Å². The molecule has 0 saturated heterocycles. The van der Waals surface area contributed by atoms with Crippen LogP contribution in [0.3, 0.4) is 0 Å². The van der Waals surface area contributed by atoms with Crippen molar-refractivity contribution >= 4 is 12.0 Å². The number of carboxylic acids is 1. The first-order valence-corrected chi connectivity index (χ1v) is 7.73. The van der Waals surface area contributed by atoms with Crippen molar-refractivity contribution in [2.45, 2.75) is 64.0 Å². The Balaban J connectivity index is 1.81. The molecule has 2 unspecified atom stereocenters. The molecule has 2 aliphatic rings. The Kier molecular flexibility index (Phi) is 4.89. The number of hydrogen-bond donors (Lipinski definition) is 2. The van der Waals surface area contributed by atoms with E-state index >= 15 is 0 Å². The zero-order chi connectivity index (χ0) is 14.7. The first kappa shape index (κ1) is 15.1. The summed E-state index contributed by atoms with van der Waals surface area (Å²) >= 11 is 0. The number of urea groups is 1. The maximum Gasteiger partial charge on any atom is 0.317 e. The zero-order valence-electron chi connectivity index (χ0n) is 12.5. The number of hydrogen-bond acceptors (Lipinski definition) is 2. The number of rotatable bonds is 3. The smallest absolute Gasteiger partial charge is 0.317 e. The van der Waals surface area contributed by atoms with E-state index in [0.717, 1.165) is 19.3 Å². The number of amides is 2. The average Bonchev–Trinajstić information content (AvgIpc) is 2.86. The lowest BCUT2D eigenvalue weighted by molar-refractivity contribution is -0.141. The summed E-state index contributed by atoms with van der Waals surface area (Å²) < 4.78 is 0. The molecule has 2 fully saturated rings. The molecule has 0 heterocycles. The van der Waals surface area contributed by atoms with Crippen molar-refractivity contribution in [2.75, 3.05) is 7.05 Å². The second kappa shape index (κ2) is 6.46. The lowest BCUT2D eigenvalue weighted by Crippen LogP contribution is -2.48. The summed E-state index contributed by atoms with van der Waals surface area (Å²) in [5.41, 5.74) is 0. The third-order valence-corrected chi connectivity index (χ3v) is 4.89. The maximum atomic E-state index is 12.2. The standard InChI is InChI=1S/C15H26N2O3/c1-10-4-3-5-13(8-10)17(2)15(20)16-12-7-6-11(9-12)14(18)19/h10-13H,3-9H2,1-2H3,(H,16,20)(H,18,19)/t10?,11-,12+,13?/m1/s1. The van der Waals surface area contributed by atoms with Crippen molar-refractivity contribution in [2.24, 2.45) is 11.8 Å². The quantitative estimate of drug-likeness (QED) is 0.835. The van der Waals surface area contributed by atoms with Gasteiger partial charge >= 0.3 is 12.0 Å². The van der Waals surface area contributed by atoms with Crippen molar-refractivity contribution < 1.29 is 14.7 Å². The lowest BCUT2D eigenvalue weighted by atomic mass is 9.86. The molecule has 0 bridgehead atoms. The fourth-order valence-electron chi connectivity index (χ4n) is 3.53. The molecular weight excluding hydrogens is 256 g/mol. The van der Waals surface area contributed by atoms with Gasteiger partial charge in [0.25, 0.3) is 0 Å². The Hall–Kier alpha value is -1.26. The molecule has 2 amide bonds. The van der Waals surface area contributed by atoms with Gasteiger partial charge in [0.05, 0.1) is 5.92 Å². The minimum atomic E-state index is -0.740. The topological polar surface area (TPSA) is 69.6 Å². The molecule has 0 spiro atoms. The summed E-state index contributed by atoms with van der Waals surface area (Å²) in [4.78, 5) is 25.0. The van der Waals surface area contributed by atoms with Crippen LogP contribution in [0.25, 0.3) is 0 Å².